The van der Waals surface area contributed by atoms with Crippen LogP contribution in [-0.2, 0) is 25.5 Å². The van der Waals surface area contributed by atoms with Crippen molar-refractivity contribution in [3.8, 4) is 0 Å². The fourth-order valence-corrected chi connectivity index (χ4v) is 1.95. The molecule has 1 rings (SSSR count). The highest BCUT2D eigenvalue weighted by atomic mass is 79.9. The molecule has 1 atom stereocenters. The Morgan fingerprint density at radius 1 is 1.48 bits per heavy atom. The van der Waals surface area contributed by atoms with E-state index in [9.17, 15) is 14.7 Å². The molecule has 0 saturated heterocycles. The van der Waals surface area contributed by atoms with Gasteiger partial charge in [-0.3, -0.25) is 4.79 Å². The zero-order valence-corrected chi connectivity index (χ0v) is 13.1. The highest BCUT2D eigenvalue weighted by Crippen LogP contribution is 2.14. The summed E-state index contributed by atoms with van der Waals surface area (Å²) in [7, 11) is 1.52. The maximum absolute atomic E-state index is 11.6. The zero-order valence-electron chi connectivity index (χ0n) is 11.5. The van der Waals surface area contributed by atoms with Crippen LogP contribution < -0.4 is 5.32 Å². The molecule has 0 aliphatic rings. The molecule has 0 aromatic carbocycles. The van der Waals surface area contributed by atoms with Crippen molar-refractivity contribution in [2.24, 2.45) is 0 Å². The number of hydrogen-bond acceptors (Lipinski definition) is 5. The minimum atomic E-state index is -1.11. The largest absolute Gasteiger partial charge is 0.480 e. The van der Waals surface area contributed by atoms with Crippen molar-refractivity contribution in [2.75, 3.05) is 26.9 Å². The van der Waals surface area contributed by atoms with Gasteiger partial charge >= 0.3 is 5.97 Å². The Morgan fingerprint density at radius 2 is 2.24 bits per heavy atom. The second-order valence-corrected chi connectivity index (χ2v) is 4.91. The van der Waals surface area contributed by atoms with Gasteiger partial charge in [-0.15, -0.1) is 0 Å². The van der Waals surface area contributed by atoms with Crippen LogP contribution in [0.2, 0.25) is 0 Å². The summed E-state index contributed by atoms with van der Waals surface area (Å²) in [6.45, 7) is 0.440. The molecule has 116 valence electrons. The van der Waals surface area contributed by atoms with Crippen LogP contribution in [0.4, 0.5) is 0 Å². The number of aliphatic carboxylic acids is 1. The molecule has 1 aromatic heterocycles. The summed E-state index contributed by atoms with van der Waals surface area (Å²) in [5.74, 6) is -1.60. The number of rotatable bonds is 9. The van der Waals surface area contributed by atoms with Gasteiger partial charge in [0.1, 0.15) is 17.3 Å². The van der Waals surface area contributed by atoms with E-state index < -0.39 is 17.9 Å². The van der Waals surface area contributed by atoms with Crippen LogP contribution in [0.1, 0.15) is 5.56 Å². The number of methoxy groups -OCH3 is 1. The van der Waals surface area contributed by atoms with Crippen molar-refractivity contribution >= 4 is 27.8 Å². The van der Waals surface area contributed by atoms with Crippen molar-refractivity contribution in [3.05, 3.63) is 28.5 Å². The standard InChI is InChI=1S/C13H17BrN2O5/c1-20-5-6-21-8-11(17)16-10(13(18)19)7-9-3-2-4-15-12(9)14/h2-4,10H,5-8H2,1H3,(H,16,17)(H,18,19)/t10-/m0/s1. The monoisotopic (exact) mass is 360 g/mol. The first-order chi connectivity index (χ1) is 10.0. The predicted molar refractivity (Wildman–Crippen MR) is 77.9 cm³/mol. The summed E-state index contributed by atoms with van der Waals surface area (Å²) >= 11 is 3.24. The minimum absolute atomic E-state index is 0.133. The summed E-state index contributed by atoms with van der Waals surface area (Å²) in [6.07, 6.45) is 1.72. The highest BCUT2D eigenvalue weighted by Gasteiger charge is 2.21. The molecule has 1 aromatic rings. The molecule has 0 spiro atoms. The molecule has 0 saturated carbocycles. The molecule has 7 nitrogen and oxygen atoms in total. The normalized spacial score (nSPS) is 11.9. The molecule has 1 amide bonds. The van der Waals surface area contributed by atoms with Gasteiger partial charge in [0, 0.05) is 19.7 Å². The number of aromatic nitrogens is 1. The van der Waals surface area contributed by atoms with Gasteiger partial charge in [0.05, 0.1) is 13.2 Å². The molecular weight excluding hydrogens is 344 g/mol. The highest BCUT2D eigenvalue weighted by molar-refractivity contribution is 9.10. The number of amides is 1. The number of pyridine rings is 1. The van der Waals surface area contributed by atoms with Crippen LogP contribution >= 0.6 is 15.9 Å². The van der Waals surface area contributed by atoms with Gasteiger partial charge in [-0.05, 0) is 27.6 Å². The summed E-state index contributed by atoms with van der Waals surface area (Å²) in [4.78, 5) is 26.9. The van der Waals surface area contributed by atoms with Gasteiger partial charge in [0.25, 0.3) is 0 Å². The quantitative estimate of drug-likeness (QED) is 0.494. The SMILES string of the molecule is COCCOCC(=O)N[C@@H](Cc1cccnc1Br)C(=O)O. The van der Waals surface area contributed by atoms with E-state index in [1.54, 1.807) is 18.3 Å². The number of carboxylic acid groups (broad SMARTS) is 1. The molecule has 2 N–H and O–H groups in total. The Balaban J connectivity index is 2.52. The Bertz CT molecular complexity index is 483. The molecule has 0 fully saturated rings. The first-order valence-corrected chi connectivity index (χ1v) is 7.02. The molecule has 0 aliphatic heterocycles. The van der Waals surface area contributed by atoms with Crippen molar-refractivity contribution in [2.45, 2.75) is 12.5 Å². The Morgan fingerprint density at radius 3 is 2.86 bits per heavy atom. The van der Waals surface area contributed by atoms with Crippen molar-refractivity contribution in [3.63, 3.8) is 0 Å². The third-order valence-electron chi connectivity index (χ3n) is 2.56. The van der Waals surface area contributed by atoms with E-state index in [-0.39, 0.29) is 19.6 Å². The van der Waals surface area contributed by atoms with E-state index in [1.165, 1.54) is 7.11 Å². The van der Waals surface area contributed by atoms with Crippen LogP contribution in [0.5, 0.6) is 0 Å². The number of carboxylic acids is 1. The first kappa shape index (κ1) is 17.5. The summed E-state index contributed by atoms with van der Waals surface area (Å²) in [5, 5.41) is 11.6. The number of nitrogens with zero attached hydrogens (tertiary/aromatic N) is 1. The van der Waals surface area contributed by atoms with Gasteiger partial charge < -0.3 is 19.9 Å². The van der Waals surface area contributed by atoms with E-state index in [0.717, 1.165) is 0 Å². The maximum atomic E-state index is 11.6. The van der Waals surface area contributed by atoms with Crippen LogP contribution in [0.3, 0.4) is 0 Å². The number of halogens is 1. The number of hydrogen-bond donors (Lipinski definition) is 2. The fraction of sp³-hybridized carbons (Fsp3) is 0.462. The van der Waals surface area contributed by atoms with Gasteiger partial charge in [0.15, 0.2) is 0 Å². The Labute approximate surface area is 130 Å². The Kier molecular flexibility index (Phi) is 7.88. The van der Waals surface area contributed by atoms with Gasteiger partial charge in [0.2, 0.25) is 5.91 Å². The molecule has 0 aliphatic carbocycles. The van der Waals surface area contributed by atoms with Gasteiger partial charge in [-0.2, -0.15) is 0 Å². The smallest absolute Gasteiger partial charge is 0.326 e. The number of nitrogens with one attached hydrogen (secondary N) is 1. The van der Waals surface area contributed by atoms with E-state index in [4.69, 9.17) is 9.47 Å². The lowest BCUT2D eigenvalue weighted by Crippen LogP contribution is -2.44. The number of ether oxygens (including phenoxy) is 2. The van der Waals surface area contributed by atoms with Gasteiger partial charge in [-0.25, -0.2) is 9.78 Å². The van der Waals surface area contributed by atoms with Crippen LogP contribution in [-0.4, -0.2) is 54.9 Å². The average molecular weight is 361 g/mol. The molecule has 1 heterocycles. The number of carbonyl (C=O) groups excluding carboxylic acids is 1. The lowest BCUT2D eigenvalue weighted by molar-refractivity contribution is -0.142. The summed E-state index contributed by atoms with van der Waals surface area (Å²) in [6, 6.07) is 2.41. The fourth-order valence-electron chi connectivity index (χ4n) is 1.53. The second-order valence-electron chi connectivity index (χ2n) is 4.16. The molecule has 0 radical (unpaired) electrons. The predicted octanol–water partition coefficient (Wildman–Crippen LogP) is 0.619. The van der Waals surface area contributed by atoms with E-state index in [0.29, 0.717) is 16.8 Å². The van der Waals surface area contributed by atoms with Crippen molar-refractivity contribution in [1.82, 2.24) is 10.3 Å². The number of carbonyl (C=O) groups is 2. The molecule has 21 heavy (non-hydrogen) atoms. The minimum Gasteiger partial charge on any atom is -0.480 e. The first-order valence-electron chi connectivity index (χ1n) is 6.22. The molecule has 0 bridgehead atoms. The lowest BCUT2D eigenvalue weighted by Gasteiger charge is -2.15. The Hall–Kier alpha value is -1.51. The van der Waals surface area contributed by atoms with Gasteiger partial charge in [-0.1, -0.05) is 6.07 Å². The van der Waals surface area contributed by atoms with Crippen LogP contribution in [0.15, 0.2) is 22.9 Å². The van der Waals surface area contributed by atoms with E-state index in [2.05, 4.69) is 26.2 Å². The average Bonchev–Trinajstić information content (AvgIpc) is 2.45. The third-order valence-corrected chi connectivity index (χ3v) is 3.27. The maximum Gasteiger partial charge on any atom is 0.326 e. The van der Waals surface area contributed by atoms with Crippen molar-refractivity contribution in [1.29, 1.82) is 0 Å². The van der Waals surface area contributed by atoms with Crippen molar-refractivity contribution < 1.29 is 24.2 Å². The lowest BCUT2D eigenvalue weighted by atomic mass is 10.1. The zero-order chi connectivity index (χ0) is 15.7. The topological polar surface area (TPSA) is 97.8 Å². The summed E-state index contributed by atoms with van der Waals surface area (Å²) in [5.41, 5.74) is 0.700. The van der Waals surface area contributed by atoms with E-state index in [1.807, 2.05) is 0 Å². The molecule has 0 unspecified atom stereocenters. The second kappa shape index (κ2) is 9.43. The molecule has 8 heteroatoms. The van der Waals surface area contributed by atoms with E-state index >= 15 is 0 Å². The third kappa shape index (κ3) is 6.65. The summed E-state index contributed by atoms with van der Waals surface area (Å²) < 4.78 is 10.4. The molecular formula is C13H17BrN2O5. The van der Waals surface area contributed by atoms with Crippen LogP contribution in [0.25, 0.3) is 0 Å². The van der Waals surface area contributed by atoms with Crippen LogP contribution in [0, 0.1) is 0 Å².